The highest BCUT2D eigenvalue weighted by Gasteiger charge is 2.38. The van der Waals surface area contributed by atoms with Crippen molar-refractivity contribution in [3.8, 4) is 23.3 Å². The lowest BCUT2D eigenvalue weighted by atomic mass is 9.87. The van der Waals surface area contributed by atoms with E-state index in [1.807, 2.05) is 6.07 Å². The van der Waals surface area contributed by atoms with Crippen LogP contribution in [0.15, 0.2) is 29.7 Å². The Hall–Kier alpha value is -3.18. The van der Waals surface area contributed by atoms with E-state index in [4.69, 9.17) is 24.7 Å². The third kappa shape index (κ3) is 2.96. The SMILES string of the molecule is COC(=O)c1c(C)sc2c1OC(N)=C(C#N)C2c1ccc(OC)cc1OC. The minimum atomic E-state index is -0.526. The van der Waals surface area contributed by atoms with Gasteiger partial charge < -0.3 is 24.7 Å². The molecule has 1 unspecified atom stereocenters. The molecule has 2 N–H and O–H groups in total. The molecular formula is C19H18N2O5S. The van der Waals surface area contributed by atoms with E-state index in [9.17, 15) is 10.1 Å². The molecule has 0 aliphatic carbocycles. The number of fused-ring (bicyclic) bond motifs is 1. The number of ether oxygens (including phenoxy) is 4. The normalized spacial score (nSPS) is 15.4. The molecule has 0 amide bonds. The van der Waals surface area contributed by atoms with Crippen LogP contribution < -0.4 is 19.9 Å². The molecule has 0 spiro atoms. The molecular weight excluding hydrogens is 368 g/mol. The maximum absolute atomic E-state index is 12.2. The first-order valence-electron chi connectivity index (χ1n) is 7.97. The summed E-state index contributed by atoms with van der Waals surface area (Å²) in [7, 11) is 4.40. The van der Waals surface area contributed by atoms with Crippen LogP contribution in [0.1, 0.15) is 31.6 Å². The summed E-state index contributed by atoms with van der Waals surface area (Å²) in [6, 6.07) is 7.45. The Labute approximate surface area is 160 Å². The monoisotopic (exact) mass is 386 g/mol. The van der Waals surface area contributed by atoms with Crippen LogP contribution in [0.2, 0.25) is 0 Å². The first kappa shape index (κ1) is 18.6. The lowest BCUT2D eigenvalue weighted by Gasteiger charge is -2.25. The minimum Gasteiger partial charge on any atom is -0.497 e. The largest absolute Gasteiger partial charge is 0.497 e. The zero-order chi connectivity index (χ0) is 19.7. The van der Waals surface area contributed by atoms with E-state index in [1.54, 1.807) is 26.2 Å². The van der Waals surface area contributed by atoms with E-state index in [1.165, 1.54) is 25.6 Å². The number of carbonyl (C=O) groups excluding carboxylic acids is 1. The molecule has 8 heteroatoms. The molecule has 2 aromatic rings. The molecule has 1 atom stereocenters. The maximum Gasteiger partial charge on any atom is 0.342 e. The third-order valence-corrected chi connectivity index (χ3v) is 5.51. The van der Waals surface area contributed by atoms with Crippen LogP contribution in [0.5, 0.6) is 17.2 Å². The third-order valence-electron chi connectivity index (χ3n) is 4.36. The predicted octanol–water partition coefficient (Wildman–Crippen LogP) is 3.08. The number of nitriles is 1. The van der Waals surface area contributed by atoms with E-state index in [0.717, 1.165) is 10.4 Å². The smallest absolute Gasteiger partial charge is 0.342 e. The van der Waals surface area contributed by atoms with Crippen molar-refractivity contribution in [3.63, 3.8) is 0 Å². The van der Waals surface area contributed by atoms with Crippen LogP contribution in [0, 0.1) is 18.3 Å². The van der Waals surface area contributed by atoms with Crippen LogP contribution in [0.25, 0.3) is 0 Å². The van der Waals surface area contributed by atoms with E-state index in [-0.39, 0.29) is 11.5 Å². The fraction of sp³-hybridized carbons (Fsp3) is 0.263. The lowest BCUT2D eigenvalue weighted by Crippen LogP contribution is -2.21. The Morgan fingerprint density at radius 2 is 2.04 bits per heavy atom. The van der Waals surface area contributed by atoms with E-state index in [2.05, 4.69) is 6.07 Å². The molecule has 140 valence electrons. The number of carbonyl (C=O) groups is 1. The summed E-state index contributed by atoms with van der Waals surface area (Å²) in [4.78, 5) is 13.6. The fourth-order valence-electron chi connectivity index (χ4n) is 3.09. The van der Waals surface area contributed by atoms with Gasteiger partial charge in [-0.25, -0.2) is 4.79 Å². The summed E-state index contributed by atoms with van der Waals surface area (Å²) in [6.07, 6.45) is 0. The summed E-state index contributed by atoms with van der Waals surface area (Å²) >= 11 is 1.36. The summed E-state index contributed by atoms with van der Waals surface area (Å²) in [5, 5.41) is 9.69. The Morgan fingerprint density at radius 3 is 2.63 bits per heavy atom. The van der Waals surface area contributed by atoms with E-state index in [0.29, 0.717) is 27.7 Å². The second-order valence-corrected chi connectivity index (χ2v) is 7.01. The predicted molar refractivity (Wildman–Crippen MR) is 99.2 cm³/mol. The van der Waals surface area contributed by atoms with Crippen molar-refractivity contribution in [2.45, 2.75) is 12.8 Å². The molecule has 1 aliphatic heterocycles. The molecule has 0 fully saturated rings. The molecule has 0 saturated heterocycles. The van der Waals surface area contributed by atoms with Gasteiger partial charge in [0.1, 0.15) is 28.7 Å². The van der Waals surface area contributed by atoms with Gasteiger partial charge in [0.05, 0.1) is 32.1 Å². The van der Waals surface area contributed by atoms with Crippen LogP contribution in [-0.2, 0) is 4.74 Å². The highest BCUT2D eigenvalue weighted by molar-refractivity contribution is 7.12. The van der Waals surface area contributed by atoms with Gasteiger partial charge in [0.15, 0.2) is 5.75 Å². The molecule has 0 bridgehead atoms. The van der Waals surface area contributed by atoms with Gasteiger partial charge in [-0.2, -0.15) is 5.26 Å². The number of methoxy groups -OCH3 is 3. The number of thiophene rings is 1. The molecule has 3 rings (SSSR count). The van der Waals surface area contributed by atoms with Crippen LogP contribution >= 0.6 is 11.3 Å². The van der Waals surface area contributed by atoms with Crippen molar-refractivity contribution < 1.29 is 23.7 Å². The summed E-state index contributed by atoms with van der Waals surface area (Å²) in [5.41, 5.74) is 7.31. The topological polar surface area (TPSA) is 104 Å². The number of benzene rings is 1. The number of nitrogens with zero attached hydrogens (tertiary/aromatic N) is 1. The lowest BCUT2D eigenvalue weighted by molar-refractivity contribution is 0.0597. The average Bonchev–Trinajstić information content (AvgIpc) is 3.01. The molecule has 0 saturated carbocycles. The Bertz CT molecular complexity index is 987. The van der Waals surface area contributed by atoms with Crippen molar-refractivity contribution in [1.82, 2.24) is 0 Å². The Balaban J connectivity index is 2.27. The van der Waals surface area contributed by atoms with Gasteiger partial charge >= 0.3 is 5.97 Å². The van der Waals surface area contributed by atoms with Gasteiger partial charge in [-0.1, -0.05) is 6.07 Å². The quantitative estimate of drug-likeness (QED) is 0.805. The Morgan fingerprint density at radius 1 is 1.30 bits per heavy atom. The number of hydrogen-bond acceptors (Lipinski definition) is 8. The maximum atomic E-state index is 12.2. The average molecular weight is 386 g/mol. The van der Waals surface area contributed by atoms with E-state index < -0.39 is 11.9 Å². The number of aryl methyl sites for hydroxylation is 1. The second kappa shape index (κ2) is 7.21. The van der Waals surface area contributed by atoms with Crippen molar-refractivity contribution >= 4 is 17.3 Å². The second-order valence-electron chi connectivity index (χ2n) is 5.75. The number of allylic oxidation sites excluding steroid dienone is 1. The number of rotatable bonds is 4. The van der Waals surface area contributed by atoms with E-state index >= 15 is 0 Å². The van der Waals surface area contributed by atoms with Crippen molar-refractivity contribution in [2.24, 2.45) is 5.73 Å². The fourth-order valence-corrected chi connectivity index (χ4v) is 4.29. The molecule has 27 heavy (non-hydrogen) atoms. The van der Waals surface area contributed by atoms with Gasteiger partial charge in [-0.05, 0) is 13.0 Å². The first-order valence-corrected chi connectivity index (χ1v) is 8.79. The first-order chi connectivity index (χ1) is 13.0. The van der Waals surface area contributed by atoms with Crippen molar-refractivity contribution in [2.75, 3.05) is 21.3 Å². The molecule has 2 heterocycles. The zero-order valence-corrected chi connectivity index (χ0v) is 16.1. The highest BCUT2D eigenvalue weighted by atomic mass is 32.1. The number of hydrogen-bond donors (Lipinski definition) is 1. The minimum absolute atomic E-state index is 0.0455. The summed E-state index contributed by atoms with van der Waals surface area (Å²) < 4.78 is 21.3. The standard InChI is InChI=1S/C19H18N2O5S/c1-9-14(19(22)25-4)16-17(27-9)15(12(8-20)18(21)26-16)11-6-5-10(23-2)7-13(11)24-3/h5-7,15H,21H2,1-4H3. The van der Waals surface area contributed by atoms with Crippen molar-refractivity contribution in [1.29, 1.82) is 5.26 Å². The van der Waals surface area contributed by atoms with Crippen LogP contribution in [-0.4, -0.2) is 27.3 Å². The van der Waals surface area contributed by atoms with Crippen LogP contribution in [0.4, 0.5) is 0 Å². The molecule has 0 radical (unpaired) electrons. The molecule has 1 aliphatic rings. The van der Waals surface area contributed by atoms with Gasteiger partial charge in [0.25, 0.3) is 0 Å². The number of nitrogens with two attached hydrogens (primary N) is 1. The highest BCUT2D eigenvalue weighted by Crippen LogP contribution is 2.51. The van der Waals surface area contributed by atoms with Crippen LogP contribution in [0.3, 0.4) is 0 Å². The van der Waals surface area contributed by atoms with Gasteiger partial charge in [-0.3, -0.25) is 0 Å². The van der Waals surface area contributed by atoms with Gasteiger partial charge in [0.2, 0.25) is 5.88 Å². The molecule has 1 aromatic carbocycles. The van der Waals surface area contributed by atoms with Gasteiger partial charge in [0, 0.05) is 16.5 Å². The number of esters is 1. The van der Waals surface area contributed by atoms with Crippen molar-refractivity contribution in [3.05, 3.63) is 50.5 Å². The summed E-state index contributed by atoms with van der Waals surface area (Å²) in [5.74, 6) is 0.397. The summed E-state index contributed by atoms with van der Waals surface area (Å²) in [6.45, 7) is 1.79. The Kier molecular flexibility index (Phi) is 4.97. The van der Waals surface area contributed by atoms with Gasteiger partial charge in [-0.15, -0.1) is 11.3 Å². The molecule has 1 aromatic heterocycles. The zero-order valence-electron chi connectivity index (χ0n) is 15.3. The molecule has 7 nitrogen and oxygen atoms in total.